The molecule has 0 aliphatic carbocycles. The van der Waals surface area contributed by atoms with Crippen LogP contribution < -0.4 is 4.90 Å². The molecule has 2 aromatic rings. The average Bonchev–Trinajstić information content (AvgIpc) is 2.72. The number of hydrogen-bond donors (Lipinski definition) is 0. The standard InChI is InChI=1S/C21H22N2O4/c1-2-17-5-3-16(15-20(17)23(25)26)4-10-21(24)18-6-8-19(9-7-18)22-11-13-27-14-12-22/h3-10,15H,2,11-14H2,1H3/b10-4+. The number of hydrogen-bond acceptors (Lipinski definition) is 5. The maximum Gasteiger partial charge on any atom is 0.273 e. The third-order valence-corrected chi connectivity index (χ3v) is 4.64. The first-order chi connectivity index (χ1) is 13.1. The summed E-state index contributed by atoms with van der Waals surface area (Å²) in [5.41, 5.74) is 3.06. The van der Waals surface area contributed by atoms with Crippen LogP contribution in [0.1, 0.15) is 28.4 Å². The van der Waals surface area contributed by atoms with Gasteiger partial charge in [-0.3, -0.25) is 14.9 Å². The molecule has 0 bridgehead atoms. The predicted octanol–water partition coefficient (Wildman–Crippen LogP) is 3.89. The molecule has 27 heavy (non-hydrogen) atoms. The highest BCUT2D eigenvalue weighted by Gasteiger charge is 2.13. The van der Waals surface area contributed by atoms with Crippen LogP contribution in [0, 0.1) is 10.1 Å². The molecule has 2 aromatic carbocycles. The van der Waals surface area contributed by atoms with Crippen molar-refractivity contribution in [2.75, 3.05) is 31.2 Å². The number of nitro groups is 1. The molecule has 0 unspecified atom stereocenters. The van der Waals surface area contributed by atoms with Crippen molar-refractivity contribution in [2.45, 2.75) is 13.3 Å². The van der Waals surface area contributed by atoms with E-state index in [1.54, 1.807) is 30.3 Å². The molecule has 0 aromatic heterocycles. The zero-order chi connectivity index (χ0) is 19.2. The Bertz CT molecular complexity index is 853. The Morgan fingerprint density at radius 2 is 1.89 bits per heavy atom. The zero-order valence-corrected chi connectivity index (χ0v) is 15.3. The van der Waals surface area contributed by atoms with Crippen LogP contribution in [0.2, 0.25) is 0 Å². The number of carbonyl (C=O) groups is 1. The van der Waals surface area contributed by atoms with E-state index in [-0.39, 0.29) is 16.4 Å². The molecular formula is C21H22N2O4. The van der Waals surface area contributed by atoms with E-state index in [1.807, 2.05) is 19.1 Å². The number of allylic oxidation sites excluding steroid dienone is 1. The molecule has 0 amide bonds. The summed E-state index contributed by atoms with van der Waals surface area (Å²) in [6.07, 6.45) is 3.66. The minimum Gasteiger partial charge on any atom is -0.378 e. The Morgan fingerprint density at radius 3 is 2.52 bits per heavy atom. The van der Waals surface area contributed by atoms with Crippen molar-refractivity contribution in [3.63, 3.8) is 0 Å². The van der Waals surface area contributed by atoms with Gasteiger partial charge in [-0.15, -0.1) is 0 Å². The van der Waals surface area contributed by atoms with Gasteiger partial charge in [0.1, 0.15) is 0 Å². The fourth-order valence-electron chi connectivity index (χ4n) is 3.08. The van der Waals surface area contributed by atoms with Gasteiger partial charge >= 0.3 is 0 Å². The van der Waals surface area contributed by atoms with Gasteiger partial charge in [-0.05, 0) is 42.3 Å². The van der Waals surface area contributed by atoms with Gasteiger partial charge in [0, 0.05) is 36.0 Å². The van der Waals surface area contributed by atoms with Gasteiger partial charge in [-0.2, -0.15) is 0 Å². The first-order valence-corrected chi connectivity index (χ1v) is 9.01. The van der Waals surface area contributed by atoms with Gasteiger partial charge in [-0.1, -0.05) is 25.1 Å². The highest BCUT2D eigenvalue weighted by molar-refractivity contribution is 6.07. The van der Waals surface area contributed by atoms with Gasteiger partial charge < -0.3 is 9.64 Å². The minimum absolute atomic E-state index is 0.0852. The molecule has 1 aliphatic heterocycles. The van der Waals surface area contributed by atoms with Crippen LogP contribution in [0.25, 0.3) is 6.08 Å². The van der Waals surface area contributed by atoms with E-state index in [2.05, 4.69) is 4.90 Å². The number of morpholine rings is 1. The van der Waals surface area contributed by atoms with E-state index in [0.717, 1.165) is 18.8 Å². The van der Waals surface area contributed by atoms with Gasteiger partial charge in [-0.25, -0.2) is 0 Å². The van der Waals surface area contributed by atoms with Crippen LogP contribution in [0.15, 0.2) is 48.5 Å². The number of anilines is 1. The minimum atomic E-state index is -0.387. The highest BCUT2D eigenvalue weighted by Crippen LogP contribution is 2.22. The summed E-state index contributed by atoms with van der Waals surface area (Å²) in [5.74, 6) is -0.134. The second kappa shape index (κ2) is 8.60. The number of aryl methyl sites for hydroxylation is 1. The SMILES string of the molecule is CCc1ccc(/C=C/C(=O)c2ccc(N3CCOCC3)cc2)cc1[N+](=O)[O-]. The van der Waals surface area contributed by atoms with Crippen molar-refractivity contribution in [1.82, 2.24) is 0 Å². The molecule has 6 heteroatoms. The largest absolute Gasteiger partial charge is 0.378 e. The van der Waals surface area contributed by atoms with Crippen molar-refractivity contribution in [3.8, 4) is 0 Å². The number of nitrogens with zero attached hydrogens (tertiary/aromatic N) is 2. The van der Waals surface area contributed by atoms with Crippen LogP contribution in [-0.2, 0) is 11.2 Å². The van der Waals surface area contributed by atoms with Gasteiger partial charge in [0.2, 0.25) is 0 Å². The third kappa shape index (κ3) is 4.60. The lowest BCUT2D eigenvalue weighted by molar-refractivity contribution is -0.385. The molecule has 6 nitrogen and oxygen atoms in total. The number of ether oxygens (including phenoxy) is 1. The quantitative estimate of drug-likeness (QED) is 0.336. The third-order valence-electron chi connectivity index (χ3n) is 4.64. The molecule has 1 heterocycles. The van der Waals surface area contributed by atoms with Crippen molar-refractivity contribution in [1.29, 1.82) is 0 Å². The summed E-state index contributed by atoms with van der Waals surface area (Å²) in [7, 11) is 0. The van der Waals surface area contributed by atoms with Crippen LogP contribution in [-0.4, -0.2) is 37.0 Å². The molecule has 1 saturated heterocycles. The van der Waals surface area contributed by atoms with E-state index < -0.39 is 0 Å². The lowest BCUT2D eigenvalue weighted by Crippen LogP contribution is -2.36. The van der Waals surface area contributed by atoms with Crippen molar-refractivity contribution < 1.29 is 14.5 Å². The smallest absolute Gasteiger partial charge is 0.273 e. The number of benzene rings is 2. The van der Waals surface area contributed by atoms with E-state index >= 15 is 0 Å². The number of carbonyl (C=O) groups excluding carboxylic acids is 1. The van der Waals surface area contributed by atoms with Crippen molar-refractivity contribution in [3.05, 3.63) is 75.3 Å². The Hall–Kier alpha value is -2.99. The summed E-state index contributed by atoms with van der Waals surface area (Å²) in [5, 5.41) is 11.2. The van der Waals surface area contributed by atoms with E-state index in [9.17, 15) is 14.9 Å². The fraction of sp³-hybridized carbons (Fsp3) is 0.286. The Kier molecular flexibility index (Phi) is 5.98. The maximum atomic E-state index is 12.4. The van der Waals surface area contributed by atoms with E-state index in [1.165, 1.54) is 12.1 Å². The zero-order valence-electron chi connectivity index (χ0n) is 15.3. The molecule has 0 spiro atoms. The van der Waals surface area contributed by atoms with E-state index in [4.69, 9.17) is 4.74 Å². The predicted molar refractivity (Wildman–Crippen MR) is 105 cm³/mol. The lowest BCUT2D eigenvalue weighted by atomic mass is 10.0. The monoisotopic (exact) mass is 366 g/mol. The summed E-state index contributed by atoms with van der Waals surface area (Å²) < 4.78 is 5.35. The second-order valence-electron chi connectivity index (χ2n) is 6.34. The second-order valence-corrected chi connectivity index (χ2v) is 6.34. The molecule has 3 rings (SSSR count). The van der Waals surface area contributed by atoms with Crippen LogP contribution in [0.3, 0.4) is 0 Å². The Labute approximate surface area is 158 Å². The molecular weight excluding hydrogens is 344 g/mol. The Balaban J connectivity index is 1.71. The number of rotatable bonds is 6. The average molecular weight is 366 g/mol. The summed E-state index contributed by atoms with van der Waals surface area (Å²) >= 11 is 0. The van der Waals surface area contributed by atoms with Gasteiger partial charge in [0.05, 0.1) is 18.1 Å². The van der Waals surface area contributed by atoms with Gasteiger partial charge in [0.15, 0.2) is 5.78 Å². The summed E-state index contributed by atoms with van der Waals surface area (Å²) in [6, 6.07) is 12.5. The first-order valence-electron chi connectivity index (χ1n) is 9.01. The normalized spacial score (nSPS) is 14.5. The summed E-state index contributed by atoms with van der Waals surface area (Å²) in [6.45, 7) is 5.00. The molecule has 140 valence electrons. The van der Waals surface area contributed by atoms with Crippen molar-refractivity contribution >= 4 is 23.2 Å². The molecule has 0 saturated carbocycles. The molecule has 0 radical (unpaired) electrons. The Morgan fingerprint density at radius 1 is 1.19 bits per heavy atom. The maximum absolute atomic E-state index is 12.4. The van der Waals surface area contributed by atoms with E-state index in [0.29, 0.717) is 36.3 Å². The molecule has 1 aliphatic rings. The number of ketones is 1. The van der Waals surface area contributed by atoms with Crippen LogP contribution in [0.4, 0.5) is 11.4 Å². The van der Waals surface area contributed by atoms with Crippen LogP contribution in [0.5, 0.6) is 0 Å². The molecule has 0 N–H and O–H groups in total. The van der Waals surface area contributed by atoms with Crippen LogP contribution >= 0.6 is 0 Å². The van der Waals surface area contributed by atoms with Gasteiger partial charge in [0.25, 0.3) is 5.69 Å². The summed E-state index contributed by atoms with van der Waals surface area (Å²) in [4.78, 5) is 25.4. The molecule has 0 atom stereocenters. The van der Waals surface area contributed by atoms with Crippen molar-refractivity contribution in [2.24, 2.45) is 0 Å². The highest BCUT2D eigenvalue weighted by atomic mass is 16.6. The molecule has 1 fully saturated rings. The first kappa shape index (κ1) is 18.8. The topological polar surface area (TPSA) is 72.7 Å². The lowest BCUT2D eigenvalue weighted by Gasteiger charge is -2.28. The number of nitro benzene ring substituents is 1. The fourth-order valence-corrected chi connectivity index (χ4v) is 3.08.